The molecule has 1 aromatic rings. The van der Waals surface area contributed by atoms with Gasteiger partial charge in [-0.05, 0) is 49.0 Å². The van der Waals surface area contributed by atoms with Crippen LogP contribution >= 0.6 is 23.4 Å². The second-order valence-corrected chi connectivity index (χ2v) is 5.99. The van der Waals surface area contributed by atoms with Gasteiger partial charge in [0, 0.05) is 17.1 Å². The second-order valence-electron chi connectivity index (χ2n) is 4.33. The van der Waals surface area contributed by atoms with Crippen LogP contribution in [-0.2, 0) is 0 Å². The first-order chi connectivity index (χ1) is 7.75. The lowest BCUT2D eigenvalue weighted by Crippen LogP contribution is -2.34. The summed E-state index contributed by atoms with van der Waals surface area (Å²) in [6.07, 6.45) is 2.57. The molecule has 1 aromatic carbocycles. The van der Waals surface area contributed by atoms with Crippen LogP contribution in [0.15, 0.2) is 24.3 Å². The van der Waals surface area contributed by atoms with Crippen molar-refractivity contribution in [2.45, 2.75) is 31.8 Å². The molecule has 0 amide bonds. The third-order valence-corrected chi connectivity index (χ3v) is 4.34. The molecule has 0 aromatic heterocycles. The van der Waals surface area contributed by atoms with Crippen molar-refractivity contribution < 1.29 is 0 Å². The molecular weight excluding hydrogens is 238 g/mol. The molecule has 1 aliphatic heterocycles. The average molecular weight is 256 g/mol. The molecule has 1 N–H and O–H groups in total. The summed E-state index contributed by atoms with van der Waals surface area (Å²) < 4.78 is 0. The maximum Gasteiger partial charge on any atom is 0.0409 e. The smallest absolute Gasteiger partial charge is 0.0409 e. The van der Waals surface area contributed by atoms with Crippen molar-refractivity contribution in [2.24, 2.45) is 0 Å². The lowest BCUT2D eigenvalue weighted by atomic mass is 10.1. The summed E-state index contributed by atoms with van der Waals surface area (Å²) in [7, 11) is 0. The Labute approximate surface area is 107 Å². The molecule has 0 saturated carbocycles. The van der Waals surface area contributed by atoms with Crippen LogP contribution in [0.5, 0.6) is 0 Å². The van der Waals surface area contributed by atoms with E-state index in [1.54, 1.807) is 0 Å². The van der Waals surface area contributed by atoms with E-state index < -0.39 is 0 Å². The van der Waals surface area contributed by atoms with Gasteiger partial charge in [-0.3, -0.25) is 0 Å². The number of benzene rings is 1. The zero-order valence-corrected chi connectivity index (χ0v) is 11.2. The van der Waals surface area contributed by atoms with Crippen LogP contribution in [0.2, 0.25) is 5.02 Å². The number of nitrogens with one attached hydrogen (secondary N) is 1. The average Bonchev–Trinajstić information content (AvgIpc) is 2.30. The van der Waals surface area contributed by atoms with Crippen molar-refractivity contribution in [3.8, 4) is 0 Å². The number of hydrogen-bond donors (Lipinski definition) is 1. The first-order valence-corrected chi connectivity index (χ1v) is 7.38. The van der Waals surface area contributed by atoms with Crippen molar-refractivity contribution in [2.75, 3.05) is 11.5 Å². The molecule has 1 nitrogen and oxygen atoms in total. The molecule has 1 atom stereocenters. The number of rotatable bonds is 3. The first kappa shape index (κ1) is 12.3. The molecule has 1 heterocycles. The molecule has 0 bridgehead atoms. The Bertz CT molecular complexity index is 336. The lowest BCUT2D eigenvalue weighted by Gasteiger charge is -2.26. The van der Waals surface area contributed by atoms with Gasteiger partial charge in [0.25, 0.3) is 0 Å². The predicted molar refractivity (Wildman–Crippen MR) is 73.3 cm³/mol. The minimum absolute atomic E-state index is 0.395. The van der Waals surface area contributed by atoms with E-state index in [9.17, 15) is 0 Å². The van der Waals surface area contributed by atoms with E-state index in [1.165, 1.54) is 29.9 Å². The molecule has 2 rings (SSSR count). The van der Waals surface area contributed by atoms with Crippen LogP contribution in [0, 0.1) is 0 Å². The van der Waals surface area contributed by atoms with Gasteiger partial charge in [-0.1, -0.05) is 23.7 Å². The van der Waals surface area contributed by atoms with E-state index in [2.05, 4.69) is 36.1 Å². The van der Waals surface area contributed by atoms with Crippen molar-refractivity contribution in [1.82, 2.24) is 5.32 Å². The highest BCUT2D eigenvalue weighted by molar-refractivity contribution is 7.99. The highest BCUT2D eigenvalue weighted by Crippen LogP contribution is 2.22. The lowest BCUT2D eigenvalue weighted by molar-refractivity contribution is 0.431. The monoisotopic (exact) mass is 255 g/mol. The summed E-state index contributed by atoms with van der Waals surface area (Å²) in [4.78, 5) is 0. The Hall–Kier alpha value is -0.180. The van der Waals surface area contributed by atoms with Crippen molar-refractivity contribution >= 4 is 23.4 Å². The van der Waals surface area contributed by atoms with Crippen LogP contribution in [-0.4, -0.2) is 17.5 Å². The maximum absolute atomic E-state index is 6.00. The largest absolute Gasteiger partial charge is 0.307 e. The third kappa shape index (κ3) is 3.41. The SMILES string of the molecule is C[C@H](NC1CCSCC1)c1cccc(Cl)c1. The summed E-state index contributed by atoms with van der Waals surface area (Å²) in [5.41, 5.74) is 1.28. The highest BCUT2D eigenvalue weighted by Gasteiger charge is 2.16. The minimum atomic E-state index is 0.395. The minimum Gasteiger partial charge on any atom is -0.307 e. The van der Waals surface area contributed by atoms with E-state index in [1.807, 2.05) is 12.1 Å². The van der Waals surface area contributed by atoms with Crippen LogP contribution < -0.4 is 5.32 Å². The quantitative estimate of drug-likeness (QED) is 0.880. The highest BCUT2D eigenvalue weighted by atomic mass is 35.5. The Balaban J connectivity index is 1.94. The molecule has 1 saturated heterocycles. The summed E-state index contributed by atoms with van der Waals surface area (Å²) in [5, 5.41) is 4.51. The fraction of sp³-hybridized carbons (Fsp3) is 0.538. The number of halogens is 1. The standard InChI is InChI=1S/C13H18ClNS/c1-10(11-3-2-4-12(14)9-11)15-13-5-7-16-8-6-13/h2-4,9-10,13,15H,5-8H2,1H3/t10-/m0/s1. The first-order valence-electron chi connectivity index (χ1n) is 5.85. The zero-order chi connectivity index (χ0) is 11.4. The molecule has 1 aliphatic rings. The molecular formula is C13H18ClNS. The molecule has 0 aliphatic carbocycles. The van der Waals surface area contributed by atoms with Gasteiger partial charge in [-0.15, -0.1) is 0 Å². The molecule has 88 valence electrons. The molecule has 0 unspecified atom stereocenters. The summed E-state index contributed by atoms with van der Waals surface area (Å²) >= 11 is 8.06. The summed E-state index contributed by atoms with van der Waals surface area (Å²) in [6.45, 7) is 2.22. The van der Waals surface area contributed by atoms with Gasteiger partial charge in [0.05, 0.1) is 0 Å². The van der Waals surface area contributed by atoms with Crippen molar-refractivity contribution in [1.29, 1.82) is 0 Å². The Morgan fingerprint density at radius 2 is 2.12 bits per heavy atom. The van der Waals surface area contributed by atoms with Crippen molar-refractivity contribution in [3.63, 3.8) is 0 Å². The van der Waals surface area contributed by atoms with Gasteiger partial charge >= 0.3 is 0 Å². The third-order valence-electron chi connectivity index (χ3n) is 3.06. The molecule has 16 heavy (non-hydrogen) atoms. The number of thioether (sulfide) groups is 1. The normalized spacial score (nSPS) is 19.6. The van der Waals surface area contributed by atoms with Crippen LogP contribution in [0.3, 0.4) is 0 Å². The predicted octanol–water partition coefficient (Wildman–Crippen LogP) is 3.89. The summed E-state index contributed by atoms with van der Waals surface area (Å²) in [5.74, 6) is 2.58. The Morgan fingerprint density at radius 3 is 2.81 bits per heavy atom. The van der Waals surface area contributed by atoms with Gasteiger partial charge in [0.15, 0.2) is 0 Å². The van der Waals surface area contributed by atoms with Crippen molar-refractivity contribution in [3.05, 3.63) is 34.9 Å². The maximum atomic E-state index is 6.00. The van der Waals surface area contributed by atoms with Gasteiger partial charge in [-0.25, -0.2) is 0 Å². The van der Waals surface area contributed by atoms with Gasteiger partial charge < -0.3 is 5.32 Å². The fourth-order valence-corrected chi connectivity index (χ4v) is 3.40. The molecule has 3 heteroatoms. The van der Waals surface area contributed by atoms with E-state index in [0.717, 1.165) is 5.02 Å². The molecule has 0 radical (unpaired) electrons. The van der Waals surface area contributed by atoms with E-state index in [0.29, 0.717) is 12.1 Å². The molecule has 0 spiro atoms. The van der Waals surface area contributed by atoms with Gasteiger partial charge in [0.1, 0.15) is 0 Å². The summed E-state index contributed by atoms with van der Waals surface area (Å²) in [6, 6.07) is 9.21. The number of hydrogen-bond acceptors (Lipinski definition) is 2. The van der Waals surface area contributed by atoms with Crippen LogP contribution in [0.25, 0.3) is 0 Å². The van der Waals surface area contributed by atoms with E-state index in [-0.39, 0.29) is 0 Å². The van der Waals surface area contributed by atoms with Gasteiger partial charge in [0.2, 0.25) is 0 Å². The van der Waals surface area contributed by atoms with E-state index >= 15 is 0 Å². The van der Waals surface area contributed by atoms with Crippen LogP contribution in [0.1, 0.15) is 31.4 Å². The second kappa shape index (κ2) is 5.95. The van der Waals surface area contributed by atoms with E-state index in [4.69, 9.17) is 11.6 Å². The van der Waals surface area contributed by atoms with Gasteiger partial charge in [-0.2, -0.15) is 11.8 Å². The zero-order valence-electron chi connectivity index (χ0n) is 9.58. The van der Waals surface area contributed by atoms with Crippen LogP contribution in [0.4, 0.5) is 0 Å². The fourth-order valence-electron chi connectivity index (χ4n) is 2.09. The topological polar surface area (TPSA) is 12.0 Å². The molecule has 1 fully saturated rings. The Kier molecular flexibility index (Phi) is 4.56. The Morgan fingerprint density at radius 1 is 1.38 bits per heavy atom.